The van der Waals surface area contributed by atoms with Gasteiger partial charge in [-0.05, 0) is 72.0 Å². The van der Waals surface area contributed by atoms with Crippen molar-refractivity contribution in [3.05, 3.63) is 87.1 Å². The van der Waals surface area contributed by atoms with E-state index in [1.807, 2.05) is 35.7 Å². The third-order valence-electron chi connectivity index (χ3n) is 5.69. The number of aliphatic imine (C=N–C) groups is 1. The second-order valence-electron chi connectivity index (χ2n) is 8.00. The molecule has 0 saturated carbocycles. The number of hydrogen-bond donors (Lipinski definition) is 3. The molecule has 3 aromatic rings. The van der Waals surface area contributed by atoms with Gasteiger partial charge in [0.15, 0.2) is 0 Å². The summed E-state index contributed by atoms with van der Waals surface area (Å²) < 4.78 is 0. The second-order valence-corrected chi connectivity index (χ2v) is 9.03. The van der Waals surface area contributed by atoms with E-state index in [4.69, 9.17) is 10.8 Å². The maximum Gasteiger partial charge on any atom is 0.303 e. The van der Waals surface area contributed by atoms with Gasteiger partial charge in [-0.15, -0.1) is 11.3 Å². The number of amides is 1. The van der Waals surface area contributed by atoms with Gasteiger partial charge < -0.3 is 16.2 Å². The number of fused-ring (bicyclic) bond motifs is 1. The van der Waals surface area contributed by atoms with Gasteiger partial charge in [0, 0.05) is 28.1 Å². The Kier molecular flexibility index (Phi) is 6.66. The molecule has 6 nitrogen and oxygen atoms in total. The Hall–Kier alpha value is -3.45. The fourth-order valence-electron chi connectivity index (χ4n) is 3.98. The number of rotatable bonds is 7. The molecule has 2 aromatic carbocycles. The lowest BCUT2D eigenvalue weighted by molar-refractivity contribution is -0.138. The van der Waals surface area contributed by atoms with Crippen LogP contribution < -0.4 is 11.1 Å². The number of aryl methyl sites for hydroxylation is 1. The van der Waals surface area contributed by atoms with Gasteiger partial charge in [-0.2, -0.15) is 0 Å². The Bertz CT molecular complexity index is 1140. The number of aliphatic carboxylic acids is 1. The van der Waals surface area contributed by atoms with E-state index in [2.05, 4.69) is 10.3 Å². The van der Waals surface area contributed by atoms with Crippen LogP contribution in [0.5, 0.6) is 0 Å². The summed E-state index contributed by atoms with van der Waals surface area (Å²) in [5.74, 6) is -0.381. The highest BCUT2D eigenvalue weighted by atomic mass is 32.1. The number of anilines is 1. The minimum absolute atomic E-state index is 0.144. The van der Waals surface area contributed by atoms with Crippen molar-refractivity contribution in [3.63, 3.8) is 0 Å². The van der Waals surface area contributed by atoms with Crippen LogP contribution in [0, 0.1) is 5.92 Å². The van der Waals surface area contributed by atoms with Crippen LogP contribution in [0.25, 0.3) is 0 Å². The highest BCUT2D eigenvalue weighted by Gasteiger charge is 2.21. The summed E-state index contributed by atoms with van der Waals surface area (Å²) in [6.45, 7) is 0.539. The molecular weight excluding hydrogens is 422 g/mol. The number of amidine groups is 1. The molecule has 4 N–H and O–H groups in total. The maximum absolute atomic E-state index is 12.7. The predicted molar refractivity (Wildman–Crippen MR) is 127 cm³/mol. The molecule has 0 bridgehead atoms. The monoisotopic (exact) mass is 447 g/mol. The van der Waals surface area contributed by atoms with Crippen LogP contribution in [0.3, 0.4) is 0 Å². The number of hydrogen-bond acceptors (Lipinski definition) is 4. The minimum Gasteiger partial charge on any atom is -0.481 e. The summed E-state index contributed by atoms with van der Waals surface area (Å²) in [5.41, 5.74) is 10.4. The summed E-state index contributed by atoms with van der Waals surface area (Å²) >= 11 is 1.64. The number of carboxylic acid groups (broad SMARTS) is 1. The zero-order chi connectivity index (χ0) is 22.5. The normalized spacial score (nSPS) is 15.8. The first-order chi connectivity index (χ1) is 15.5. The molecule has 0 spiro atoms. The molecule has 1 amide bonds. The van der Waals surface area contributed by atoms with Crippen LogP contribution in [0.4, 0.5) is 5.69 Å². The number of carboxylic acids is 1. The van der Waals surface area contributed by atoms with Gasteiger partial charge in [-0.3, -0.25) is 14.6 Å². The summed E-state index contributed by atoms with van der Waals surface area (Å²) in [4.78, 5) is 29.3. The van der Waals surface area contributed by atoms with Crippen molar-refractivity contribution >= 4 is 34.7 Å². The molecule has 0 radical (unpaired) electrons. The molecule has 1 heterocycles. The number of nitrogens with zero attached hydrogens (tertiary/aromatic N) is 1. The molecule has 1 unspecified atom stereocenters. The van der Waals surface area contributed by atoms with Crippen molar-refractivity contribution in [1.29, 1.82) is 0 Å². The fourth-order valence-corrected chi connectivity index (χ4v) is 4.61. The average Bonchev–Trinajstić information content (AvgIpc) is 3.30. The average molecular weight is 448 g/mol. The molecular formula is C25H25N3O3S. The Morgan fingerprint density at radius 3 is 2.59 bits per heavy atom. The van der Waals surface area contributed by atoms with Crippen molar-refractivity contribution in [2.24, 2.45) is 16.6 Å². The quantitative estimate of drug-likeness (QED) is 0.367. The van der Waals surface area contributed by atoms with E-state index >= 15 is 0 Å². The third-order valence-corrected chi connectivity index (χ3v) is 6.55. The van der Waals surface area contributed by atoms with E-state index in [-0.39, 0.29) is 18.2 Å². The summed E-state index contributed by atoms with van der Waals surface area (Å²) in [5, 5.41) is 14.0. The lowest BCUT2D eigenvalue weighted by atomic mass is 9.82. The van der Waals surface area contributed by atoms with Gasteiger partial charge >= 0.3 is 5.97 Å². The van der Waals surface area contributed by atoms with Gasteiger partial charge in [0.2, 0.25) is 0 Å². The van der Waals surface area contributed by atoms with Gasteiger partial charge in [0.25, 0.3) is 5.91 Å². The largest absolute Gasteiger partial charge is 0.481 e. The van der Waals surface area contributed by atoms with E-state index in [1.165, 1.54) is 5.56 Å². The summed E-state index contributed by atoms with van der Waals surface area (Å²) in [7, 11) is 0. The smallest absolute Gasteiger partial charge is 0.303 e. The lowest BCUT2D eigenvalue weighted by Crippen LogP contribution is -2.18. The zero-order valence-corrected chi connectivity index (χ0v) is 18.4. The van der Waals surface area contributed by atoms with Crippen LogP contribution in [-0.2, 0) is 24.2 Å². The topological polar surface area (TPSA) is 105 Å². The molecule has 1 aliphatic rings. The van der Waals surface area contributed by atoms with E-state index < -0.39 is 5.97 Å². The van der Waals surface area contributed by atoms with E-state index in [1.54, 1.807) is 35.6 Å². The third kappa shape index (κ3) is 5.42. The number of thiophene rings is 1. The SMILES string of the molecule is NC(=NCc1cccs1)c1ccc(C(=O)Nc2ccc3c(c2)CC(CC(=O)O)CC3)cc1. The van der Waals surface area contributed by atoms with Gasteiger partial charge in [0.05, 0.1) is 6.54 Å². The van der Waals surface area contributed by atoms with Crippen molar-refractivity contribution in [2.75, 3.05) is 5.32 Å². The first-order valence-corrected chi connectivity index (χ1v) is 11.4. The summed E-state index contributed by atoms with van der Waals surface area (Å²) in [6, 6.07) is 17.0. The number of nitrogens with one attached hydrogen (secondary N) is 1. The molecule has 0 saturated heterocycles. The molecule has 0 aliphatic heterocycles. The van der Waals surface area contributed by atoms with Crippen LogP contribution in [0.15, 0.2) is 65.0 Å². The van der Waals surface area contributed by atoms with E-state index in [9.17, 15) is 9.59 Å². The minimum atomic E-state index is -0.761. The zero-order valence-electron chi connectivity index (χ0n) is 17.6. The van der Waals surface area contributed by atoms with Crippen molar-refractivity contribution in [2.45, 2.75) is 32.2 Å². The number of carbonyl (C=O) groups is 2. The fraction of sp³-hybridized carbons (Fsp3) is 0.240. The molecule has 1 aliphatic carbocycles. The van der Waals surface area contributed by atoms with Gasteiger partial charge in [-0.1, -0.05) is 24.3 Å². The van der Waals surface area contributed by atoms with Crippen molar-refractivity contribution < 1.29 is 14.7 Å². The molecule has 164 valence electrons. The predicted octanol–water partition coefficient (Wildman–Crippen LogP) is 4.49. The Balaban J connectivity index is 1.40. The molecule has 32 heavy (non-hydrogen) atoms. The van der Waals surface area contributed by atoms with Crippen LogP contribution >= 0.6 is 11.3 Å². The molecule has 4 rings (SSSR count). The lowest BCUT2D eigenvalue weighted by Gasteiger charge is -2.24. The molecule has 7 heteroatoms. The van der Waals surface area contributed by atoms with Gasteiger partial charge in [0.1, 0.15) is 5.84 Å². The molecule has 1 atom stereocenters. The van der Waals surface area contributed by atoms with Crippen LogP contribution in [0.1, 0.15) is 44.8 Å². The van der Waals surface area contributed by atoms with Gasteiger partial charge in [-0.25, -0.2) is 0 Å². The van der Waals surface area contributed by atoms with Crippen LogP contribution in [-0.4, -0.2) is 22.8 Å². The number of benzene rings is 2. The van der Waals surface area contributed by atoms with Crippen molar-refractivity contribution in [1.82, 2.24) is 0 Å². The first-order valence-electron chi connectivity index (χ1n) is 10.6. The highest BCUT2D eigenvalue weighted by Crippen LogP contribution is 2.29. The Morgan fingerprint density at radius 1 is 1.09 bits per heavy atom. The molecule has 0 fully saturated rings. The first kappa shape index (κ1) is 21.8. The number of carbonyl (C=O) groups excluding carboxylic acids is 1. The Labute approximate surface area is 190 Å². The molecule has 1 aromatic heterocycles. The van der Waals surface area contributed by atoms with E-state index in [0.717, 1.165) is 35.3 Å². The highest BCUT2D eigenvalue weighted by molar-refractivity contribution is 7.09. The standard InChI is InChI=1S/C25H25N3O3S/c26-24(27-15-22-2-1-11-32-22)18-5-7-19(8-6-18)25(31)28-21-10-9-17-4-3-16(13-23(29)30)12-20(17)14-21/h1-2,5-11,14,16H,3-4,12-13,15H2,(H2,26,27)(H,28,31)(H,29,30). The Morgan fingerprint density at radius 2 is 1.88 bits per heavy atom. The van der Waals surface area contributed by atoms with E-state index in [0.29, 0.717) is 23.6 Å². The maximum atomic E-state index is 12.7. The summed E-state index contributed by atoms with van der Waals surface area (Å²) in [6.07, 6.45) is 2.67. The van der Waals surface area contributed by atoms with Crippen molar-refractivity contribution in [3.8, 4) is 0 Å². The second kappa shape index (κ2) is 9.78. The number of nitrogens with two attached hydrogens (primary N) is 1. The van der Waals surface area contributed by atoms with Crippen LogP contribution in [0.2, 0.25) is 0 Å².